The fourth-order valence-electron chi connectivity index (χ4n) is 5.38. The summed E-state index contributed by atoms with van der Waals surface area (Å²) in [6.45, 7) is 8.63. The summed E-state index contributed by atoms with van der Waals surface area (Å²) < 4.78 is 1.63. The van der Waals surface area contributed by atoms with Gasteiger partial charge in [-0.1, -0.05) is 60.7 Å². The molecule has 7 heteroatoms. The molecule has 3 N–H and O–H groups in total. The zero-order valence-corrected chi connectivity index (χ0v) is 23.0. The molecule has 1 fully saturated rings. The van der Waals surface area contributed by atoms with Gasteiger partial charge in [0.05, 0.1) is 11.3 Å². The molecule has 0 saturated carbocycles. The van der Waals surface area contributed by atoms with Crippen LogP contribution in [-0.2, 0) is 13.0 Å². The van der Waals surface area contributed by atoms with Gasteiger partial charge in [0, 0.05) is 13.1 Å². The lowest BCUT2D eigenvalue weighted by Gasteiger charge is -2.38. The first-order valence-electron chi connectivity index (χ1n) is 13.6. The van der Waals surface area contributed by atoms with Crippen molar-refractivity contribution in [1.29, 1.82) is 0 Å². The predicted octanol–water partition coefficient (Wildman–Crippen LogP) is 4.92. The number of amides is 1. The summed E-state index contributed by atoms with van der Waals surface area (Å²) >= 11 is 0. The van der Waals surface area contributed by atoms with Crippen LogP contribution >= 0.6 is 0 Å². The van der Waals surface area contributed by atoms with Gasteiger partial charge in [-0.3, -0.25) is 9.69 Å². The lowest BCUT2D eigenvalue weighted by Crippen LogP contribution is -2.44. The maximum absolute atomic E-state index is 11.4. The van der Waals surface area contributed by atoms with E-state index >= 15 is 0 Å². The molecule has 39 heavy (non-hydrogen) atoms. The Labute approximate surface area is 230 Å². The monoisotopic (exact) mass is 523 g/mol. The van der Waals surface area contributed by atoms with Gasteiger partial charge < -0.3 is 10.8 Å². The van der Waals surface area contributed by atoms with Crippen LogP contribution in [0, 0.1) is 12.8 Å². The number of hydrogen-bond acceptors (Lipinski definition) is 5. The number of primary amides is 1. The number of nitrogens with two attached hydrogens (primary N) is 1. The Morgan fingerprint density at radius 3 is 2.05 bits per heavy atom. The molecule has 0 bridgehead atoms. The van der Waals surface area contributed by atoms with Crippen LogP contribution in [0.15, 0.2) is 72.8 Å². The Hall–Kier alpha value is -3.81. The van der Waals surface area contributed by atoms with E-state index in [0.717, 1.165) is 44.6 Å². The molecule has 0 aliphatic carbocycles. The summed E-state index contributed by atoms with van der Waals surface area (Å²) in [7, 11) is 0. The van der Waals surface area contributed by atoms with E-state index < -0.39 is 11.5 Å². The minimum Gasteiger partial charge on any atom is -0.390 e. The standard InChI is InChI=1S/C32H37N5O2/c1-22-34-31(30(33)38)35-37(22)29-16-10-24(11-17-29)19-23-6-12-26(13-7-23)27-14-8-25(9-15-27)20-36-18-4-5-28(21-36)32(2,3)39/h6-17,28,39H,4-5,18-21H2,1-3H3,(H2,33,38). The Kier molecular flexibility index (Phi) is 7.64. The van der Waals surface area contributed by atoms with E-state index in [9.17, 15) is 9.90 Å². The van der Waals surface area contributed by atoms with Gasteiger partial charge in [0.2, 0.25) is 5.82 Å². The van der Waals surface area contributed by atoms with E-state index in [0.29, 0.717) is 11.7 Å². The van der Waals surface area contributed by atoms with Gasteiger partial charge in [0.25, 0.3) is 5.91 Å². The van der Waals surface area contributed by atoms with Crippen LogP contribution < -0.4 is 5.73 Å². The molecule has 4 aromatic rings. The van der Waals surface area contributed by atoms with Crippen LogP contribution in [0.2, 0.25) is 0 Å². The molecule has 1 aliphatic rings. The molecule has 1 atom stereocenters. The topological polar surface area (TPSA) is 97.3 Å². The minimum absolute atomic E-state index is 0.0219. The summed E-state index contributed by atoms with van der Waals surface area (Å²) in [5.74, 6) is 0.336. The van der Waals surface area contributed by atoms with Crippen molar-refractivity contribution in [2.45, 2.75) is 52.2 Å². The number of aliphatic hydroxyl groups is 1. The number of benzene rings is 3. The molecular formula is C32H37N5O2. The average molecular weight is 524 g/mol. The maximum Gasteiger partial charge on any atom is 0.288 e. The van der Waals surface area contributed by atoms with Gasteiger partial charge in [0.15, 0.2) is 0 Å². The van der Waals surface area contributed by atoms with Crippen molar-refractivity contribution in [2.75, 3.05) is 13.1 Å². The van der Waals surface area contributed by atoms with Crippen molar-refractivity contribution >= 4 is 5.91 Å². The van der Waals surface area contributed by atoms with Crippen molar-refractivity contribution in [3.8, 4) is 16.8 Å². The number of likely N-dealkylation sites (tertiary alicyclic amines) is 1. The van der Waals surface area contributed by atoms with Crippen molar-refractivity contribution < 1.29 is 9.90 Å². The second-order valence-corrected chi connectivity index (χ2v) is 11.2. The fourth-order valence-corrected chi connectivity index (χ4v) is 5.38. The average Bonchev–Trinajstić information content (AvgIpc) is 3.32. The van der Waals surface area contributed by atoms with E-state index in [1.54, 1.807) is 11.6 Å². The highest BCUT2D eigenvalue weighted by molar-refractivity contribution is 5.88. The van der Waals surface area contributed by atoms with Crippen molar-refractivity contribution in [3.63, 3.8) is 0 Å². The van der Waals surface area contributed by atoms with Crippen molar-refractivity contribution in [1.82, 2.24) is 19.7 Å². The molecule has 7 nitrogen and oxygen atoms in total. The molecule has 1 unspecified atom stereocenters. The predicted molar refractivity (Wildman–Crippen MR) is 154 cm³/mol. The number of rotatable bonds is 8. The Balaban J connectivity index is 1.19. The highest BCUT2D eigenvalue weighted by atomic mass is 16.3. The lowest BCUT2D eigenvalue weighted by molar-refractivity contribution is -0.0198. The van der Waals surface area contributed by atoms with Gasteiger partial charge in [-0.2, -0.15) is 0 Å². The zero-order valence-electron chi connectivity index (χ0n) is 23.0. The summed E-state index contributed by atoms with van der Waals surface area (Å²) in [5, 5.41) is 14.6. The van der Waals surface area contributed by atoms with Crippen LogP contribution in [0.5, 0.6) is 0 Å². The molecular weight excluding hydrogens is 486 g/mol. The van der Waals surface area contributed by atoms with Gasteiger partial charge in [0.1, 0.15) is 5.82 Å². The van der Waals surface area contributed by atoms with Gasteiger partial charge in [-0.05, 0) is 92.4 Å². The Morgan fingerprint density at radius 1 is 0.949 bits per heavy atom. The number of carbonyl (C=O) groups is 1. The number of piperidine rings is 1. The number of aromatic nitrogens is 3. The van der Waals surface area contributed by atoms with Crippen LogP contribution in [0.25, 0.3) is 16.8 Å². The van der Waals surface area contributed by atoms with Gasteiger partial charge >= 0.3 is 0 Å². The first-order valence-corrected chi connectivity index (χ1v) is 13.6. The van der Waals surface area contributed by atoms with Crippen LogP contribution in [0.4, 0.5) is 0 Å². The molecule has 3 aromatic carbocycles. The summed E-state index contributed by atoms with van der Waals surface area (Å²) in [5.41, 5.74) is 11.7. The molecule has 202 valence electrons. The quantitative estimate of drug-likeness (QED) is 0.342. The highest BCUT2D eigenvalue weighted by Gasteiger charge is 2.31. The Morgan fingerprint density at radius 2 is 1.51 bits per heavy atom. The molecule has 5 rings (SSSR count). The first-order chi connectivity index (χ1) is 18.7. The minimum atomic E-state index is -0.633. The molecule has 0 spiro atoms. The third-order valence-corrected chi connectivity index (χ3v) is 7.73. The largest absolute Gasteiger partial charge is 0.390 e. The van der Waals surface area contributed by atoms with Crippen LogP contribution in [0.1, 0.15) is 59.8 Å². The van der Waals surface area contributed by atoms with Gasteiger partial charge in [-0.25, -0.2) is 9.67 Å². The third kappa shape index (κ3) is 6.44. The summed E-state index contributed by atoms with van der Waals surface area (Å²) in [4.78, 5) is 18.0. The molecule has 1 saturated heterocycles. The van der Waals surface area contributed by atoms with Crippen LogP contribution in [0.3, 0.4) is 0 Å². The number of nitrogens with zero attached hydrogens (tertiary/aromatic N) is 4. The normalized spacial score (nSPS) is 16.4. The first kappa shape index (κ1) is 26.8. The molecule has 0 radical (unpaired) electrons. The zero-order chi connectivity index (χ0) is 27.6. The van der Waals surface area contributed by atoms with E-state index in [-0.39, 0.29) is 5.82 Å². The highest BCUT2D eigenvalue weighted by Crippen LogP contribution is 2.28. The fraction of sp³-hybridized carbons (Fsp3) is 0.344. The Bertz CT molecular complexity index is 1420. The summed E-state index contributed by atoms with van der Waals surface area (Å²) in [6.07, 6.45) is 3.06. The third-order valence-electron chi connectivity index (χ3n) is 7.73. The smallest absolute Gasteiger partial charge is 0.288 e. The molecule has 2 heterocycles. The maximum atomic E-state index is 11.4. The number of carbonyl (C=O) groups excluding carboxylic acids is 1. The van der Waals surface area contributed by atoms with Crippen molar-refractivity contribution in [2.24, 2.45) is 11.7 Å². The number of hydrogen-bond donors (Lipinski definition) is 2. The second kappa shape index (κ2) is 11.1. The van der Waals surface area contributed by atoms with E-state index in [1.807, 2.05) is 26.0 Å². The number of aryl methyl sites for hydroxylation is 1. The van der Waals surface area contributed by atoms with E-state index in [1.165, 1.54) is 27.8 Å². The summed E-state index contributed by atoms with van der Waals surface area (Å²) in [6, 6.07) is 25.7. The van der Waals surface area contributed by atoms with E-state index in [4.69, 9.17) is 5.73 Å². The van der Waals surface area contributed by atoms with Crippen LogP contribution in [-0.4, -0.2) is 49.4 Å². The lowest BCUT2D eigenvalue weighted by atomic mass is 9.84. The molecule has 1 amide bonds. The van der Waals surface area contributed by atoms with Crippen molar-refractivity contribution in [3.05, 3.63) is 101 Å². The second-order valence-electron chi connectivity index (χ2n) is 11.2. The SMILES string of the molecule is Cc1nc(C(N)=O)nn1-c1ccc(Cc2ccc(-c3ccc(CN4CCCC(C(C)(C)O)C4)cc3)cc2)cc1. The molecule has 1 aliphatic heterocycles. The van der Waals surface area contributed by atoms with E-state index in [2.05, 4.69) is 75.6 Å². The molecule has 1 aromatic heterocycles. The van der Waals surface area contributed by atoms with Gasteiger partial charge in [-0.15, -0.1) is 5.10 Å².